The number of piperidine rings is 1. The molecule has 4 nitrogen and oxygen atoms in total. The summed E-state index contributed by atoms with van der Waals surface area (Å²) >= 11 is 0. The Labute approximate surface area is 133 Å². The first kappa shape index (κ1) is 17.6. The summed E-state index contributed by atoms with van der Waals surface area (Å²) in [5, 5.41) is 5.99. The van der Waals surface area contributed by atoms with Gasteiger partial charge in [-0.2, -0.15) is 13.2 Å². The van der Waals surface area contributed by atoms with Crippen LogP contribution in [0.2, 0.25) is 0 Å². The highest BCUT2D eigenvalue weighted by Gasteiger charge is 2.34. The molecule has 0 aliphatic carbocycles. The van der Waals surface area contributed by atoms with Crippen LogP contribution in [0.3, 0.4) is 0 Å². The van der Waals surface area contributed by atoms with E-state index in [-0.39, 0.29) is 5.75 Å². The first-order valence-corrected chi connectivity index (χ1v) is 7.69. The third kappa shape index (κ3) is 5.13. The van der Waals surface area contributed by atoms with E-state index in [4.69, 9.17) is 4.74 Å². The molecule has 2 rings (SSSR count). The highest BCUT2D eigenvalue weighted by atomic mass is 19.4. The van der Waals surface area contributed by atoms with Crippen LogP contribution in [0.1, 0.15) is 25.3 Å². The van der Waals surface area contributed by atoms with Crippen molar-refractivity contribution in [1.82, 2.24) is 10.6 Å². The number of carbonyl (C=O) groups excluding carboxylic acids is 1. The van der Waals surface area contributed by atoms with E-state index in [9.17, 15) is 18.0 Å². The molecule has 1 aliphatic rings. The molecule has 1 aromatic rings. The molecule has 2 unspecified atom stereocenters. The van der Waals surface area contributed by atoms with Gasteiger partial charge in [0, 0.05) is 6.54 Å². The Morgan fingerprint density at radius 2 is 2.17 bits per heavy atom. The van der Waals surface area contributed by atoms with Crippen LogP contribution in [-0.2, 0) is 11.0 Å². The molecule has 23 heavy (non-hydrogen) atoms. The van der Waals surface area contributed by atoms with Crippen LogP contribution in [-0.4, -0.2) is 31.6 Å². The zero-order valence-electron chi connectivity index (χ0n) is 13.0. The Hall–Kier alpha value is -1.76. The molecule has 1 fully saturated rings. The van der Waals surface area contributed by atoms with Crippen molar-refractivity contribution in [1.29, 1.82) is 0 Å². The van der Waals surface area contributed by atoms with Gasteiger partial charge >= 0.3 is 6.18 Å². The molecule has 2 atom stereocenters. The monoisotopic (exact) mass is 330 g/mol. The average Bonchev–Trinajstić information content (AvgIpc) is 2.53. The van der Waals surface area contributed by atoms with Gasteiger partial charge in [-0.05, 0) is 50.9 Å². The van der Waals surface area contributed by atoms with Crippen LogP contribution >= 0.6 is 0 Å². The second-order valence-electron chi connectivity index (χ2n) is 5.71. The molecule has 7 heteroatoms. The molecular formula is C16H21F3N2O2. The van der Waals surface area contributed by atoms with Gasteiger partial charge in [0.25, 0.3) is 5.91 Å². The van der Waals surface area contributed by atoms with Crippen molar-refractivity contribution in [2.24, 2.45) is 5.92 Å². The van der Waals surface area contributed by atoms with Crippen LogP contribution in [0.15, 0.2) is 24.3 Å². The number of alkyl halides is 3. The molecule has 2 N–H and O–H groups in total. The first-order valence-electron chi connectivity index (χ1n) is 7.69. The fourth-order valence-corrected chi connectivity index (χ4v) is 2.53. The van der Waals surface area contributed by atoms with E-state index in [0.717, 1.165) is 32.0 Å². The van der Waals surface area contributed by atoms with Gasteiger partial charge in [0.05, 0.1) is 5.56 Å². The molecule has 1 saturated heterocycles. The average molecular weight is 330 g/mol. The van der Waals surface area contributed by atoms with E-state index in [1.807, 2.05) is 0 Å². The van der Waals surface area contributed by atoms with Crippen LogP contribution < -0.4 is 15.4 Å². The van der Waals surface area contributed by atoms with Crippen molar-refractivity contribution in [3.8, 4) is 5.75 Å². The van der Waals surface area contributed by atoms with E-state index in [0.29, 0.717) is 12.5 Å². The SMILES string of the molecule is CC(Oc1ccccc1C(F)(F)F)C(=O)NCC1CCCNC1. The van der Waals surface area contributed by atoms with Crippen molar-refractivity contribution in [3.05, 3.63) is 29.8 Å². The number of carbonyl (C=O) groups is 1. The number of halogens is 3. The van der Waals surface area contributed by atoms with Gasteiger partial charge in [-0.25, -0.2) is 0 Å². The number of hydrogen-bond acceptors (Lipinski definition) is 3. The lowest BCUT2D eigenvalue weighted by atomic mass is 10.00. The van der Waals surface area contributed by atoms with Crippen molar-refractivity contribution >= 4 is 5.91 Å². The summed E-state index contributed by atoms with van der Waals surface area (Å²) in [6.07, 6.45) is -3.42. The van der Waals surface area contributed by atoms with Crippen LogP contribution in [0, 0.1) is 5.92 Å². The fourth-order valence-electron chi connectivity index (χ4n) is 2.53. The van der Waals surface area contributed by atoms with Crippen molar-refractivity contribution in [3.63, 3.8) is 0 Å². The Morgan fingerprint density at radius 1 is 1.43 bits per heavy atom. The van der Waals surface area contributed by atoms with Gasteiger partial charge in [-0.3, -0.25) is 4.79 Å². The summed E-state index contributed by atoms with van der Waals surface area (Å²) in [7, 11) is 0. The maximum Gasteiger partial charge on any atom is 0.419 e. The fraction of sp³-hybridized carbons (Fsp3) is 0.562. The molecule has 128 valence electrons. The van der Waals surface area contributed by atoms with E-state index < -0.39 is 23.8 Å². The summed E-state index contributed by atoms with van der Waals surface area (Å²) in [5.74, 6) is -0.392. The second kappa shape index (κ2) is 7.68. The van der Waals surface area contributed by atoms with Gasteiger partial charge in [-0.15, -0.1) is 0 Å². The molecule has 1 heterocycles. The molecule has 0 saturated carbocycles. The highest BCUT2D eigenvalue weighted by Crippen LogP contribution is 2.36. The van der Waals surface area contributed by atoms with E-state index >= 15 is 0 Å². The van der Waals surface area contributed by atoms with Gasteiger partial charge in [0.2, 0.25) is 0 Å². The Kier molecular flexibility index (Phi) is 5.87. The van der Waals surface area contributed by atoms with Crippen molar-refractivity contribution in [2.45, 2.75) is 32.0 Å². The summed E-state index contributed by atoms with van der Waals surface area (Å²) in [4.78, 5) is 12.0. The molecule has 0 aromatic heterocycles. The quantitative estimate of drug-likeness (QED) is 0.872. The summed E-state index contributed by atoms with van der Waals surface area (Å²) in [6, 6.07) is 4.89. The Morgan fingerprint density at radius 3 is 2.83 bits per heavy atom. The number of hydrogen-bond donors (Lipinski definition) is 2. The van der Waals surface area contributed by atoms with Crippen molar-refractivity contribution in [2.75, 3.05) is 19.6 Å². The lowest BCUT2D eigenvalue weighted by molar-refractivity contribution is -0.140. The lowest BCUT2D eigenvalue weighted by Gasteiger charge is -2.24. The largest absolute Gasteiger partial charge is 0.480 e. The van der Waals surface area contributed by atoms with Gasteiger partial charge < -0.3 is 15.4 Å². The van der Waals surface area contributed by atoms with Crippen LogP contribution in [0.5, 0.6) is 5.75 Å². The molecular weight excluding hydrogens is 309 g/mol. The molecule has 1 aliphatic heterocycles. The van der Waals surface area contributed by atoms with Crippen LogP contribution in [0.25, 0.3) is 0 Å². The maximum absolute atomic E-state index is 12.9. The van der Waals surface area contributed by atoms with Gasteiger partial charge in [0.1, 0.15) is 5.75 Å². The van der Waals surface area contributed by atoms with Crippen molar-refractivity contribution < 1.29 is 22.7 Å². The summed E-state index contributed by atoms with van der Waals surface area (Å²) in [6.45, 7) is 3.77. The van der Waals surface area contributed by atoms with Gasteiger partial charge in [-0.1, -0.05) is 12.1 Å². The number of nitrogens with one attached hydrogen (secondary N) is 2. The number of rotatable bonds is 5. The minimum absolute atomic E-state index is 0.331. The summed E-state index contributed by atoms with van der Waals surface area (Å²) in [5.41, 5.74) is -0.879. The van der Waals surface area contributed by atoms with E-state index in [2.05, 4.69) is 10.6 Å². The molecule has 0 spiro atoms. The minimum Gasteiger partial charge on any atom is -0.480 e. The van der Waals surface area contributed by atoms with Crippen LogP contribution in [0.4, 0.5) is 13.2 Å². The van der Waals surface area contributed by atoms with Gasteiger partial charge in [0.15, 0.2) is 6.10 Å². The third-order valence-corrected chi connectivity index (χ3v) is 3.83. The predicted octanol–water partition coefficient (Wildman–Crippen LogP) is 2.59. The number of para-hydroxylation sites is 1. The molecule has 0 bridgehead atoms. The Balaban J connectivity index is 1.91. The normalized spacial score (nSPS) is 19.9. The zero-order chi connectivity index (χ0) is 16.9. The molecule has 1 amide bonds. The highest BCUT2D eigenvalue weighted by molar-refractivity contribution is 5.80. The van der Waals surface area contributed by atoms with E-state index in [1.54, 1.807) is 0 Å². The lowest BCUT2D eigenvalue weighted by Crippen LogP contribution is -2.42. The first-order chi connectivity index (χ1) is 10.9. The zero-order valence-corrected chi connectivity index (χ0v) is 13.0. The Bertz CT molecular complexity index is 528. The smallest absolute Gasteiger partial charge is 0.419 e. The standard InChI is InChI=1S/C16H21F3N2O2/c1-11(15(22)21-10-12-5-4-8-20-9-12)23-14-7-3-2-6-13(14)16(17,18)19/h2-3,6-7,11-12,20H,4-5,8-10H2,1H3,(H,21,22). The second-order valence-corrected chi connectivity index (χ2v) is 5.71. The predicted molar refractivity (Wildman–Crippen MR) is 80.1 cm³/mol. The molecule has 0 radical (unpaired) electrons. The summed E-state index contributed by atoms with van der Waals surface area (Å²) < 4.78 is 43.9. The molecule has 1 aromatic carbocycles. The topological polar surface area (TPSA) is 50.4 Å². The number of amides is 1. The number of benzene rings is 1. The number of ether oxygens (including phenoxy) is 1. The maximum atomic E-state index is 12.9. The van der Waals surface area contributed by atoms with E-state index in [1.165, 1.54) is 25.1 Å². The third-order valence-electron chi connectivity index (χ3n) is 3.83. The minimum atomic E-state index is -4.51.